The van der Waals surface area contributed by atoms with E-state index in [0.29, 0.717) is 11.5 Å². The molecule has 0 unspecified atom stereocenters. The molecule has 8 nitrogen and oxygen atoms in total. The van der Waals surface area contributed by atoms with Crippen LogP contribution in [-0.2, 0) is 12.8 Å². The largest absolute Gasteiger partial charge is 0.368 e. The minimum atomic E-state index is 0.253. The summed E-state index contributed by atoms with van der Waals surface area (Å²) in [4.78, 5) is 17.9. The van der Waals surface area contributed by atoms with Gasteiger partial charge in [-0.3, -0.25) is 0 Å². The zero-order valence-electron chi connectivity index (χ0n) is 15.9. The summed E-state index contributed by atoms with van der Waals surface area (Å²) in [7, 11) is 2.13. The number of rotatable bonds is 2. The lowest BCUT2D eigenvalue weighted by Crippen LogP contribution is -2.44. The van der Waals surface area contributed by atoms with Gasteiger partial charge in [-0.05, 0) is 32.7 Å². The number of likely N-dealkylation sites (N-methyl/N-ethyl adjacent to an activating group) is 1. The summed E-state index contributed by atoms with van der Waals surface area (Å²) in [5.41, 5.74) is 8.65. The highest BCUT2D eigenvalue weighted by atomic mass is 15.3. The zero-order chi connectivity index (χ0) is 18.5. The number of nitrogens with zero attached hydrogens (tertiary/aromatic N) is 7. The smallest absolute Gasteiger partial charge is 0.222 e. The molecule has 1 fully saturated rings. The Morgan fingerprint density at radius 2 is 1.58 bits per heavy atom. The van der Waals surface area contributed by atoms with E-state index >= 15 is 0 Å². The Morgan fingerprint density at radius 3 is 2.31 bits per heavy atom. The molecule has 4 rings (SSSR count). The van der Waals surface area contributed by atoms with E-state index in [1.54, 1.807) is 0 Å². The number of nitrogens with two attached hydrogens (primary N) is 1. The van der Waals surface area contributed by atoms with E-state index in [9.17, 15) is 0 Å². The third-order valence-electron chi connectivity index (χ3n) is 4.70. The van der Waals surface area contributed by atoms with Crippen molar-refractivity contribution in [2.24, 2.45) is 0 Å². The second-order valence-electron chi connectivity index (χ2n) is 6.50. The average Bonchev–Trinajstić information content (AvgIpc) is 2.69. The minimum Gasteiger partial charge on any atom is -0.368 e. The molecule has 8 heteroatoms. The van der Waals surface area contributed by atoms with Crippen molar-refractivity contribution in [3.63, 3.8) is 0 Å². The van der Waals surface area contributed by atoms with Crippen LogP contribution in [0.25, 0.3) is 11.5 Å². The molecule has 1 aliphatic heterocycles. The predicted molar refractivity (Wildman–Crippen MR) is 103 cm³/mol. The normalized spacial score (nSPS) is 17.3. The fourth-order valence-electron chi connectivity index (χ4n) is 3.23. The molecule has 0 bridgehead atoms. The van der Waals surface area contributed by atoms with Gasteiger partial charge in [0.1, 0.15) is 11.5 Å². The summed E-state index contributed by atoms with van der Waals surface area (Å²) in [6.07, 6.45) is 4.25. The number of anilines is 2. The van der Waals surface area contributed by atoms with Crippen molar-refractivity contribution in [1.29, 1.82) is 0 Å². The van der Waals surface area contributed by atoms with E-state index in [1.165, 1.54) is 0 Å². The molecule has 0 amide bonds. The van der Waals surface area contributed by atoms with Gasteiger partial charge in [0.25, 0.3) is 0 Å². The van der Waals surface area contributed by atoms with Gasteiger partial charge in [-0.25, -0.2) is 9.97 Å². The lowest BCUT2D eigenvalue weighted by atomic mass is 10.0. The third kappa shape index (κ3) is 4.07. The van der Waals surface area contributed by atoms with E-state index in [-0.39, 0.29) is 5.95 Å². The Morgan fingerprint density at radius 1 is 0.885 bits per heavy atom. The first-order valence-electron chi connectivity index (χ1n) is 9.50. The molecule has 1 aliphatic carbocycles. The Kier molecular flexibility index (Phi) is 5.92. The molecule has 140 valence electrons. The maximum absolute atomic E-state index is 5.93. The topological polar surface area (TPSA) is 97.0 Å². The van der Waals surface area contributed by atoms with E-state index in [4.69, 9.17) is 5.73 Å². The molecule has 26 heavy (non-hydrogen) atoms. The Bertz CT molecular complexity index is 740. The van der Waals surface area contributed by atoms with Crippen LogP contribution >= 0.6 is 0 Å². The second-order valence-corrected chi connectivity index (χ2v) is 6.50. The molecule has 0 saturated carbocycles. The number of aryl methyl sites for hydroxylation is 2. The van der Waals surface area contributed by atoms with Gasteiger partial charge in [-0.2, -0.15) is 10.1 Å². The van der Waals surface area contributed by atoms with Gasteiger partial charge in [0.15, 0.2) is 0 Å². The first-order valence-corrected chi connectivity index (χ1v) is 9.50. The van der Waals surface area contributed by atoms with Crippen LogP contribution in [0, 0.1) is 0 Å². The van der Waals surface area contributed by atoms with Crippen molar-refractivity contribution in [3.05, 3.63) is 17.5 Å². The molecule has 0 radical (unpaired) electrons. The Labute approximate surface area is 154 Å². The van der Waals surface area contributed by atoms with Crippen molar-refractivity contribution in [2.75, 3.05) is 43.9 Å². The molecule has 0 aromatic carbocycles. The first-order chi connectivity index (χ1) is 12.7. The van der Waals surface area contributed by atoms with Crippen LogP contribution in [0.4, 0.5) is 11.8 Å². The standard InChI is InChI=1S/C16H22N8.C2H6/c1-23-6-8-24(9-7-23)14-10-13(19-16(17)20-14)15-18-11-4-2-3-5-12(11)21-22-15;1-2/h10H,2-9H2,1H3,(H2,17,19,20);1-2H3. The number of piperazine rings is 1. The molecule has 3 heterocycles. The summed E-state index contributed by atoms with van der Waals surface area (Å²) in [5, 5.41) is 8.61. The number of fused-ring (bicyclic) bond motifs is 1. The van der Waals surface area contributed by atoms with Gasteiger partial charge < -0.3 is 15.5 Å². The molecule has 0 spiro atoms. The SMILES string of the molecule is CC.CN1CCN(c2cc(-c3nnc4c(n3)CCCC4)nc(N)n2)CC1. The second kappa shape index (κ2) is 8.35. The lowest BCUT2D eigenvalue weighted by Gasteiger charge is -2.33. The summed E-state index contributed by atoms with van der Waals surface area (Å²) >= 11 is 0. The van der Waals surface area contributed by atoms with Crippen molar-refractivity contribution < 1.29 is 0 Å². The molecule has 2 aromatic heterocycles. The highest BCUT2D eigenvalue weighted by Gasteiger charge is 2.19. The summed E-state index contributed by atoms with van der Waals surface area (Å²) in [6.45, 7) is 7.87. The predicted octanol–water partition coefficient (Wildman–Crippen LogP) is 1.57. The van der Waals surface area contributed by atoms with Gasteiger partial charge in [-0.1, -0.05) is 13.8 Å². The van der Waals surface area contributed by atoms with Crippen LogP contribution in [-0.4, -0.2) is 63.3 Å². The summed E-state index contributed by atoms with van der Waals surface area (Å²) < 4.78 is 0. The summed E-state index contributed by atoms with van der Waals surface area (Å²) in [6, 6.07) is 1.92. The van der Waals surface area contributed by atoms with Crippen LogP contribution in [0.1, 0.15) is 38.1 Å². The molecule has 2 aromatic rings. The van der Waals surface area contributed by atoms with Crippen LogP contribution in [0.5, 0.6) is 0 Å². The molecule has 1 saturated heterocycles. The van der Waals surface area contributed by atoms with Gasteiger partial charge in [0, 0.05) is 32.2 Å². The van der Waals surface area contributed by atoms with E-state index in [2.05, 4.69) is 42.0 Å². The van der Waals surface area contributed by atoms with E-state index in [0.717, 1.165) is 69.1 Å². The molecule has 0 atom stereocenters. The van der Waals surface area contributed by atoms with Crippen molar-refractivity contribution >= 4 is 11.8 Å². The van der Waals surface area contributed by atoms with E-state index in [1.807, 2.05) is 19.9 Å². The molecular weight excluding hydrogens is 328 g/mol. The number of hydrogen-bond acceptors (Lipinski definition) is 8. The third-order valence-corrected chi connectivity index (χ3v) is 4.70. The van der Waals surface area contributed by atoms with Crippen LogP contribution in [0.15, 0.2) is 6.07 Å². The van der Waals surface area contributed by atoms with Gasteiger partial charge in [0.2, 0.25) is 11.8 Å². The number of nitrogen functional groups attached to an aromatic ring is 1. The fourth-order valence-corrected chi connectivity index (χ4v) is 3.23. The maximum atomic E-state index is 5.93. The summed E-state index contributed by atoms with van der Waals surface area (Å²) in [5.74, 6) is 1.63. The maximum Gasteiger partial charge on any atom is 0.222 e. The molecule has 2 aliphatic rings. The van der Waals surface area contributed by atoms with Crippen LogP contribution in [0.2, 0.25) is 0 Å². The first kappa shape index (κ1) is 18.4. The minimum absolute atomic E-state index is 0.253. The van der Waals surface area contributed by atoms with Gasteiger partial charge in [0.05, 0.1) is 11.4 Å². The molecular formula is C18H28N8. The highest BCUT2D eigenvalue weighted by Crippen LogP contribution is 2.23. The van der Waals surface area contributed by atoms with Crippen molar-refractivity contribution in [3.8, 4) is 11.5 Å². The highest BCUT2D eigenvalue weighted by molar-refractivity contribution is 5.58. The quantitative estimate of drug-likeness (QED) is 0.866. The Hall–Kier alpha value is -2.35. The van der Waals surface area contributed by atoms with Crippen molar-refractivity contribution in [2.45, 2.75) is 39.5 Å². The van der Waals surface area contributed by atoms with Crippen LogP contribution in [0.3, 0.4) is 0 Å². The van der Waals surface area contributed by atoms with E-state index < -0.39 is 0 Å². The lowest BCUT2D eigenvalue weighted by molar-refractivity contribution is 0.312. The Balaban J connectivity index is 0.000000948. The van der Waals surface area contributed by atoms with Crippen LogP contribution < -0.4 is 10.6 Å². The fraction of sp³-hybridized carbons (Fsp3) is 0.611. The monoisotopic (exact) mass is 356 g/mol. The number of hydrogen-bond donors (Lipinski definition) is 1. The zero-order valence-corrected chi connectivity index (χ0v) is 15.9. The van der Waals surface area contributed by atoms with Gasteiger partial charge >= 0.3 is 0 Å². The van der Waals surface area contributed by atoms with Crippen molar-refractivity contribution in [1.82, 2.24) is 30.0 Å². The van der Waals surface area contributed by atoms with Gasteiger partial charge in [-0.15, -0.1) is 5.10 Å². The number of aromatic nitrogens is 5. The average molecular weight is 356 g/mol. The molecule has 2 N–H and O–H groups in total.